The first-order valence-electron chi connectivity index (χ1n) is 9.42. The Morgan fingerprint density at radius 3 is 2.64 bits per heavy atom. The van der Waals surface area contributed by atoms with E-state index in [0.717, 1.165) is 37.4 Å². The molecule has 2 aliphatic heterocycles. The van der Waals surface area contributed by atoms with Crippen LogP contribution in [0.3, 0.4) is 0 Å². The highest BCUT2D eigenvalue weighted by molar-refractivity contribution is 14.0. The molecular formula is C20H33IN4. The standard InChI is InChI=1S/C20H32N4.HI/c1-21-20(22-14-19-9-6-11-23(2)15-19)24-12-10-18(16-24)13-17-7-4-3-5-8-17;/h3-5,7-8,18-19H,6,9-16H2,1-2H3,(H,21,22);1H. The molecule has 0 bridgehead atoms. The van der Waals surface area contributed by atoms with Crippen molar-refractivity contribution in [3.05, 3.63) is 35.9 Å². The van der Waals surface area contributed by atoms with Gasteiger partial charge in [-0.25, -0.2) is 0 Å². The minimum absolute atomic E-state index is 0. The molecule has 3 rings (SSSR count). The zero-order chi connectivity index (χ0) is 16.8. The van der Waals surface area contributed by atoms with Crippen LogP contribution in [-0.2, 0) is 6.42 Å². The summed E-state index contributed by atoms with van der Waals surface area (Å²) in [6, 6.07) is 10.9. The predicted octanol–water partition coefficient (Wildman–Crippen LogP) is 3.09. The van der Waals surface area contributed by atoms with Crippen molar-refractivity contribution in [2.24, 2.45) is 16.8 Å². The van der Waals surface area contributed by atoms with Crippen molar-refractivity contribution in [2.45, 2.75) is 25.7 Å². The highest BCUT2D eigenvalue weighted by Gasteiger charge is 2.25. The lowest BCUT2D eigenvalue weighted by molar-refractivity contribution is 0.209. The number of likely N-dealkylation sites (tertiary alicyclic amines) is 2. The Bertz CT molecular complexity index is 534. The van der Waals surface area contributed by atoms with Crippen molar-refractivity contribution in [3.63, 3.8) is 0 Å². The lowest BCUT2D eigenvalue weighted by Crippen LogP contribution is -2.44. The summed E-state index contributed by atoms with van der Waals surface area (Å²) in [5.74, 6) is 2.59. The molecule has 25 heavy (non-hydrogen) atoms. The number of nitrogens with one attached hydrogen (secondary N) is 1. The molecule has 0 spiro atoms. The minimum Gasteiger partial charge on any atom is -0.356 e. The van der Waals surface area contributed by atoms with Crippen LogP contribution in [-0.4, -0.2) is 62.6 Å². The van der Waals surface area contributed by atoms with E-state index in [1.807, 2.05) is 7.05 Å². The Hall–Kier alpha value is -0.820. The Balaban J connectivity index is 0.00000225. The van der Waals surface area contributed by atoms with Crippen molar-refractivity contribution in [3.8, 4) is 0 Å². The van der Waals surface area contributed by atoms with Gasteiger partial charge >= 0.3 is 0 Å². The van der Waals surface area contributed by atoms with Gasteiger partial charge in [-0.1, -0.05) is 30.3 Å². The van der Waals surface area contributed by atoms with Crippen LogP contribution in [0.1, 0.15) is 24.8 Å². The molecule has 5 heteroatoms. The third-order valence-electron chi connectivity index (χ3n) is 5.44. The number of hydrogen-bond donors (Lipinski definition) is 1. The SMILES string of the molecule is CN=C(NCC1CCCN(C)C1)N1CCC(Cc2ccccc2)C1.I. The quantitative estimate of drug-likeness (QED) is 0.429. The van der Waals surface area contributed by atoms with Crippen LogP contribution in [0.4, 0.5) is 0 Å². The van der Waals surface area contributed by atoms with Gasteiger partial charge in [0, 0.05) is 33.2 Å². The number of aliphatic imine (C=N–C) groups is 1. The third-order valence-corrected chi connectivity index (χ3v) is 5.44. The maximum atomic E-state index is 4.53. The summed E-state index contributed by atoms with van der Waals surface area (Å²) >= 11 is 0. The lowest BCUT2D eigenvalue weighted by Gasteiger charge is -2.31. The molecule has 2 atom stereocenters. The number of hydrogen-bond acceptors (Lipinski definition) is 2. The van der Waals surface area contributed by atoms with Crippen LogP contribution >= 0.6 is 24.0 Å². The number of halogens is 1. The first kappa shape index (κ1) is 20.5. The van der Waals surface area contributed by atoms with E-state index in [0.29, 0.717) is 0 Å². The second kappa shape index (κ2) is 10.4. The molecule has 1 aromatic carbocycles. The molecule has 0 aromatic heterocycles. The van der Waals surface area contributed by atoms with E-state index in [-0.39, 0.29) is 24.0 Å². The summed E-state index contributed by atoms with van der Waals surface area (Å²) in [7, 11) is 4.15. The van der Waals surface area contributed by atoms with Gasteiger partial charge in [0.05, 0.1) is 0 Å². The summed E-state index contributed by atoms with van der Waals surface area (Å²) < 4.78 is 0. The van der Waals surface area contributed by atoms with Gasteiger partial charge in [-0.05, 0) is 56.7 Å². The molecule has 2 fully saturated rings. The van der Waals surface area contributed by atoms with E-state index in [2.05, 4.69) is 57.5 Å². The minimum atomic E-state index is 0. The molecule has 0 amide bonds. The molecule has 2 heterocycles. The maximum absolute atomic E-state index is 4.53. The molecule has 0 aliphatic carbocycles. The predicted molar refractivity (Wildman–Crippen MR) is 117 cm³/mol. The Morgan fingerprint density at radius 2 is 1.92 bits per heavy atom. The molecule has 140 valence electrons. The monoisotopic (exact) mass is 456 g/mol. The highest BCUT2D eigenvalue weighted by Crippen LogP contribution is 2.21. The zero-order valence-corrected chi connectivity index (χ0v) is 18.0. The van der Waals surface area contributed by atoms with E-state index >= 15 is 0 Å². The first-order chi connectivity index (χ1) is 11.7. The molecule has 0 saturated carbocycles. The van der Waals surface area contributed by atoms with Crippen LogP contribution in [0, 0.1) is 11.8 Å². The Labute approximate surface area is 170 Å². The molecule has 2 saturated heterocycles. The fourth-order valence-corrected chi connectivity index (χ4v) is 4.15. The normalized spacial score (nSPS) is 24.9. The van der Waals surface area contributed by atoms with Crippen LogP contribution < -0.4 is 5.32 Å². The van der Waals surface area contributed by atoms with Gasteiger partial charge in [0.15, 0.2) is 5.96 Å². The van der Waals surface area contributed by atoms with Crippen molar-refractivity contribution >= 4 is 29.9 Å². The number of benzene rings is 1. The van der Waals surface area contributed by atoms with Gasteiger partial charge in [-0.2, -0.15) is 0 Å². The molecule has 1 aromatic rings. The summed E-state index contributed by atoms with van der Waals surface area (Å²) in [5, 5.41) is 3.64. The number of guanidine groups is 1. The van der Waals surface area contributed by atoms with Gasteiger partial charge in [0.2, 0.25) is 0 Å². The molecule has 0 radical (unpaired) electrons. The van der Waals surface area contributed by atoms with Gasteiger partial charge < -0.3 is 15.1 Å². The first-order valence-corrected chi connectivity index (χ1v) is 9.42. The third kappa shape index (κ3) is 6.13. The Kier molecular flexibility index (Phi) is 8.49. The van der Waals surface area contributed by atoms with Crippen LogP contribution in [0.2, 0.25) is 0 Å². The van der Waals surface area contributed by atoms with E-state index < -0.39 is 0 Å². The average Bonchev–Trinajstić information content (AvgIpc) is 3.05. The smallest absolute Gasteiger partial charge is 0.193 e. The fraction of sp³-hybridized carbons (Fsp3) is 0.650. The van der Waals surface area contributed by atoms with Gasteiger partial charge in [-0.3, -0.25) is 4.99 Å². The molecule has 2 aliphatic rings. The van der Waals surface area contributed by atoms with Crippen LogP contribution in [0.5, 0.6) is 0 Å². The molecule has 4 nitrogen and oxygen atoms in total. The van der Waals surface area contributed by atoms with Crippen LogP contribution in [0.15, 0.2) is 35.3 Å². The second-order valence-corrected chi connectivity index (χ2v) is 7.49. The average molecular weight is 456 g/mol. The van der Waals surface area contributed by atoms with Gasteiger partial charge in [0.1, 0.15) is 0 Å². The highest BCUT2D eigenvalue weighted by atomic mass is 127. The van der Waals surface area contributed by atoms with Gasteiger partial charge in [0.25, 0.3) is 0 Å². The second-order valence-electron chi connectivity index (χ2n) is 7.49. The molecular weight excluding hydrogens is 423 g/mol. The summed E-state index contributed by atoms with van der Waals surface area (Å²) in [5.41, 5.74) is 1.46. The van der Waals surface area contributed by atoms with Crippen molar-refractivity contribution in [1.29, 1.82) is 0 Å². The summed E-state index contributed by atoms with van der Waals surface area (Å²) in [6.45, 7) is 5.76. The van der Waals surface area contributed by atoms with E-state index in [1.54, 1.807) is 0 Å². The van der Waals surface area contributed by atoms with E-state index in [9.17, 15) is 0 Å². The molecule has 1 N–H and O–H groups in total. The van der Waals surface area contributed by atoms with E-state index in [1.165, 1.54) is 44.3 Å². The number of piperidine rings is 1. The Morgan fingerprint density at radius 1 is 1.12 bits per heavy atom. The zero-order valence-electron chi connectivity index (χ0n) is 15.7. The van der Waals surface area contributed by atoms with Crippen molar-refractivity contribution in [2.75, 3.05) is 46.8 Å². The van der Waals surface area contributed by atoms with Crippen molar-refractivity contribution in [1.82, 2.24) is 15.1 Å². The van der Waals surface area contributed by atoms with Gasteiger partial charge in [-0.15, -0.1) is 24.0 Å². The number of nitrogens with zero attached hydrogens (tertiary/aromatic N) is 3. The summed E-state index contributed by atoms with van der Waals surface area (Å²) in [6.07, 6.45) is 5.11. The van der Waals surface area contributed by atoms with E-state index in [4.69, 9.17) is 0 Å². The number of rotatable bonds is 4. The maximum Gasteiger partial charge on any atom is 0.193 e. The van der Waals surface area contributed by atoms with Crippen LogP contribution in [0.25, 0.3) is 0 Å². The summed E-state index contributed by atoms with van der Waals surface area (Å²) in [4.78, 5) is 9.43. The fourth-order valence-electron chi connectivity index (χ4n) is 4.15. The lowest BCUT2D eigenvalue weighted by atomic mass is 9.98. The molecule has 2 unspecified atom stereocenters. The van der Waals surface area contributed by atoms with Crippen molar-refractivity contribution < 1.29 is 0 Å². The largest absolute Gasteiger partial charge is 0.356 e. The topological polar surface area (TPSA) is 30.9 Å².